The van der Waals surface area contributed by atoms with Gasteiger partial charge in [0.05, 0.1) is 4.99 Å². The van der Waals surface area contributed by atoms with Gasteiger partial charge in [-0.05, 0) is 25.0 Å². The number of likely N-dealkylation sites (tertiary alicyclic amines) is 1. The number of benzene rings is 1. The minimum atomic E-state index is -0.331. The molecule has 4 nitrogen and oxygen atoms in total. The number of para-hydroxylation sites is 1. The second kappa shape index (κ2) is 5.82. The molecule has 1 heterocycles. The normalized spacial score (nSPS) is 19.3. The average Bonchev–Trinajstić information content (AvgIpc) is 2.40. The fourth-order valence-corrected chi connectivity index (χ4v) is 2.22. The van der Waals surface area contributed by atoms with Crippen LogP contribution in [0.25, 0.3) is 0 Å². The number of rotatable bonds is 2. The summed E-state index contributed by atoms with van der Waals surface area (Å²) in [5, 5.41) is 0. The van der Waals surface area contributed by atoms with Crippen molar-refractivity contribution in [3.63, 3.8) is 0 Å². The highest BCUT2D eigenvalue weighted by molar-refractivity contribution is 7.80. The minimum absolute atomic E-state index is 0.108. The Bertz CT molecular complexity index is 436. The molecule has 1 fully saturated rings. The topological polar surface area (TPSA) is 55.6 Å². The molecule has 1 aromatic rings. The zero-order chi connectivity index (χ0) is 13.0. The molecule has 1 amide bonds. The molecule has 1 unspecified atom stereocenters. The molecule has 1 saturated heterocycles. The number of ether oxygens (including phenoxy) is 1. The van der Waals surface area contributed by atoms with E-state index < -0.39 is 0 Å². The van der Waals surface area contributed by atoms with Gasteiger partial charge >= 0.3 is 6.09 Å². The van der Waals surface area contributed by atoms with Crippen molar-refractivity contribution in [3.05, 3.63) is 30.3 Å². The second-order valence-corrected chi connectivity index (χ2v) is 4.84. The Morgan fingerprint density at radius 3 is 2.78 bits per heavy atom. The summed E-state index contributed by atoms with van der Waals surface area (Å²) < 4.78 is 5.28. The van der Waals surface area contributed by atoms with E-state index in [-0.39, 0.29) is 12.0 Å². The van der Waals surface area contributed by atoms with Gasteiger partial charge in [-0.3, -0.25) is 0 Å². The van der Waals surface area contributed by atoms with Gasteiger partial charge in [-0.1, -0.05) is 30.4 Å². The first-order chi connectivity index (χ1) is 8.66. The van der Waals surface area contributed by atoms with Crippen molar-refractivity contribution < 1.29 is 9.53 Å². The van der Waals surface area contributed by atoms with Crippen molar-refractivity contribution in [1.82, 2.24) is 4.90 Å². The summed E-state index contributed by atoms with van der Waals surface area (Å²) in [5.74, 6) is 0.664. The van der Waals surface area contributed by atoms with Gasteiger partial charge in [0.25, 0.3) is 0 Å². The Kier molecular flexibility index (Phi) is 4.15. The molecule has 1 aliphatic rings. The quantitative estimate of drug-likeness (QED) is 0.832. The highest BCUT2D eigenvalue weighted by Crippen LogP contribution is 2.18. The van der Waals surface area contributed by atoms with E-state index >= 15 is 0 Å². The molecule has 1 aromatic carbocycles. The monoisotopic (exact) mass is 264 g/mol. The van der Waals surface area contributed by atoms with Gasteiger partial charge in [-0.15, -0.1) is 0 Å². The molecule has 18 heavy (non-hydrogen) atoms. The SMILES string of the molecule is NC(=S)C1CCCN(C(=O)Oc2ccccc2)C1. The van der Waals surface area contributed by atoms with Crippen LogP contribution in [0.3, 0.4) is 0 Å². The van der Waals surface area contributed by atoms with Crippen molar-refractivity contribution in [2.75, 3.05) is 13.1 Å². The zero-order valence-corrected chi connectivity index (χ0v) is 10.9. The lowest BCUT2D eigenvalue weighted by atomic mass is 9.99. The summed E-state index contributed by atoms with van der Waals surface area (Å²) in [6.07, 6.45) is 1.53. The van der Waals surface area contributed by atoms with Crippen LogP contribution in [0, 0.1) is 5.92 Å². The number of nitrogens with zero attached hydrogens (tertiary/aromatic N) is 1. The van der Waals surface area contributed by atoms with Crippen molar-refractivity contribution in [1.29, 1.82) is 0 Å². The van der Waals surface area contributed by atoms with Crippen molar-refractivity contribution in [2.24, 2.45) is 11.7 Å². The molecule has 5 heteroatoms. The molecule has 2 rings (SSSR count). The maximum absolute atomic E-state index is 12.0. The van der Waals surface area contributed by atoms with Crippen LogP contribution in [0.5, 0.6) is 5.75 Å². The van der Waals surface area contributed by atoms with E-state index in [0.29, 0.717) is 23.8 Å². The van der Waals surface area contributed by atoms with E-state index in [4.69, 9.17) is 22.7 Å². The summed E-state index contributed by atoms with van der Waals surface area (Å²) in [4.78, 5) is 14.1. The Labute approximate surface area is 112 Å². The summed E-state index contributed by atoms with van der Waals surface area (Å²) in [5.41, 5.74) is 5.63. The third kappa shape index (κ3) is 3.20. The molecule has 2 N–H and O–H groups in total. The summed E-state index contributed by atoms with van der Waals surface area (Å²) in [6, 6.07) is 9.05. The van der Waals surface area contributed by atoms with Crippen molar-refractivity contribution in [3.8, 4) is 5.75 Å². The molecule has 1 aliphatic heterocycles. The van der Waals surface area contributed by atoms with Gasteiger partial charge in [-0.2, -0.15) is 0 Å². The Balaban J connectivity index is 1.95. The van der Waals surface area contributed by atoms with E-state index in [0.717, 1.165) is 12.8 Å². The van der Waals surface area contributed by atoms with Gasteiger partial charge in [0, 0.05) is 19.0 Å². The van der Waals surface area contributed by atoms with E-state index in [1.807, 2.05) is 18.2 Å². The van der Waals surface area contributed by atoms with Crippen LogP contribution < -0.4 is 10.5 Å². The second-order valence-electron chi connectivity index (χ2n) is 4.37. The number of amides is 1. The Morgan fingerprint density at radius 2 is 2.11 bits per heavy atom. The molecule has 96 valence electrons. The first-order valence-corrected chi connectivity index (χ1v) is 6.39. The average molecular weight is 264 g/mol. The number of nitrogens with two attached hydrogens (primary N) is 1. The molecule has 0 radical (unpaired) electrons. The number of carbonyl (C=O) groups is 1. The fraction of sp³-hybridized carbons (Fsp3) is 0.385. The van der Waals surface area contributed by atoms with Gasteiger partial charge in [0.1, 0.15) is 5.75 Å². The van der Waals surface area contributed by atoms with Gasteiger partial charge < -0.3 is 15.4 Å². The van der Waals surface area contributed by atoms with E-state index in [1.165, 1.54) is 0 Å². The molecular formula is C13H16N2O2S. The van der Waals surface area contributed by atoms with Crippen LogP contribution in [0.2, 0.25) is 0 Å². The highest BCUT2D eigenvalue weighted by atomic mass is 32.1. The fourth-order valence-electron chi connectivity index (χ4n) is 2.03. The van der Waals surface area contributed by atoms with Crippen LogP contribution in [-0.4, -0.2) is 29.1 Å². The number of hydrogen-bond donors (Lipinski definition) is 1. The lowest BCUT2D eigenvalue weighted by Gasteiger charge is -2.31. The molecule has 0 aliphatic carbocycles. The van der Waals surface area contributed by atoms with Crippen LogP contribution in [0.15, 0.2) is 30.3 Å². The molecular weight excluding hydrogens is 248 g/mol. The lowest BCUT2D eigenvalue weighted by Crippen LogP contribution is -2.44. The number of piperidine rings is 1. The highest BCUT2D eigenvalue weighted by Gasteiger charge is 2.26. The first kappa shape index (κ1) is 12.8. The Hall–Kier alpha value is -1.62. The predicted octanol–water partition coefficient (Wildman–Crippen LogP) is 2.18. The smallest absolute Gasteiger partial charge is 0.410 e. The van der Waals surface area contributed by atoms with Crippen LogP contribution in [0.4, 0.5) is 4.79 Å². The summed E-state index contributed by atoms with van der Waals surface area (Å²) in [7, 11) is 0. The van der Waals surface area contributed by atoms with E-state index in [1.54, 1.807) is 17.0 Å². The third-order valence-electron chi connectivity index (χ3n) is 3.03. The van der Waals surface area contributed by atoms with E-state index in [9.17, 15) is 4.79 Å². The number of carbonyl (C=O) groups excluding carboxylic acids is 1. The lowest BCUT2D eigenvalue weighted by molar-refractivity contribution is 0.136. The standard InChI is InChI=1S/C13H16N2O2S/c14-12(18)10-5-4-8-15(9-10)13(16)17-11-6-2-1-3-7-11/h1-3,6-7,10H,4-5,8-9H2,(H2,14,18). The van der Waals surface area contributed by atoms with Crippen molar-refractivity contribution in [2.45, 2.75) is 12.8 Å². The third-order valence-corrected chi connectivity index (χ3v) is 3.36. The molecule has 0 bridgehead atoms. The first-order valence-electron chi connectivity index (χ1n) is 5.98. The number of hydrogen-bond acceptors (Lipinski definition) is 3. The largest absolute Gasteiger partial charge is 0.415 e. The minimum Gasteiger partial charge on any atom is -0.410 e. The maximum atomic E-state index is 12.0. The van der Waals surface area contributed by atoms with Gasteiger partial charge in [-0.25, -0.2) is 4.79 Å². The molecule has 1 atom stereocenters. The summed E-state index contributed by atoms with van der Waals surface area (Å²) >= 11 is 4.98. The van der Waals surface area contributed by atoms with Crippen LogP contribution in [0.1, 0.15) is 12.8 Å². The molecule has 0 aromatic heterocycles. The predicted molar refractivity (Wildman–Crippen MR) is 73.5 cm³/mol. The van der Waals surface area contributed by atoms with Gasteiger partial charge in [0.15, 0.2) is 0 Å². The molecule has 0 saturated carbocycles. The summed E-state index contributed by atoms with van der Waals surface area (Å²) in [6.45, 7) is 1.26. The zero-order valence-electron chi connectivity index (χ0n) is 10.0. The van der Waals surface area contributed by atoms with E-state index in [2.05, 4.69) is 0 Å². The van der Waals surface area contributed by atoms with Gasteiger partial charge in [0.2, 0.25) is 0 Å². The van der Waals surface area contributed by atoms with Crippen molar-refractivity contribution >= 4 is 23.3 Å². The number of thiocarbonyl (C=S) groups is 1. The van der Waals surface area contributed by atoms with Crippen LogP contribution >= 0.6 is 12.2 Å². The Morgan fingerprint density at radius 1 is 1.39 bits per heavy atom. The molecule has 0 spiro atoms. The maximum Gasteiger partial charge on any atom is 0.415 e. The van der Waals surface area contributed by atoms with Crippen LogP contribution in [-0.2, 0) is 0 Å².